The van der Waals surface area contributed by atoms with Gasteiger partial charge in [-0.15, -0.1) is 0 Å². The number of aromatic nitrogens is 3. The topological polar surface area (TPSA) is 91.3 Å². The molecule has 8 nitrogen and oxygen atoms in total. The van der Waals surface area contributed by atoms with Gasteiger partial charge in [0.1, 0.15) is 5.82 Å². The Hall–Kier alpha value is -2.26. The molecule has 0 bridgehead atoms. The van der Waals surface area contributed by atoms with Crippen molar-refractivity contribution in [2.24, 2.45) is 0 Å². The van der Waals surface area contributed by atoms with Gasteiger partial charge in [0, 0.05) is 39.1 Å². The quantitative estimate of drug-likeness (QED) is 0.771. The van der Waals surface area contributed by atoms with E-state index in [0.29, 0.717) is 42.7 Å². The van der Waals surface area contributed by atoms with Gasteiger partial charge in [0.05, 0.1) is 4.90 Å². The Morgan fingerprint density at radius 3 is 2.24 bits per heavy atom. The van der Waals surface area contributed by atoms with E-state index in [1.807, 2.05) is 51.9 Å². The molecular formula is C20H30N6O2S. The highest BCUT2D eigenvalue weighted by atomic mass is 32.2. The van der Waals surface area contributed by atoms with Crippen LogP contribution in [0.1, 0.15) is 44.0 Å². The fourth-order valence-corrected chi connectivity index (χ4v) is 4.66. The predicted octanol–water partition coefficient (Wildman–Crippen LogP) is 2.63. The van der Waals surface area contributed by atoms with Crippen LogP contribution in [-0.4, -0.2) is 60.9 Å². The minimum atomic E-state index is -3.45. The molecule has 2 heterocycles. The van der Waals surface area contributed by atoms with Gasteiger partial charge in [-0.25, -0.2) is 8.42 Å². The monoisotopic (exact) mass is 418 g/mol. The van der Waals surface area contributed by atoms with E-state index in [1.165, 1.54) is 0 Å². The van der Waals surface area contributed by atoms with Crippen LogP contribution >= 0.6 is 0 Å². The van der Waals surface area contributed by atoms with Gasteiger partial charge in [-0.05, 0) is 31.9 Å². The fraction of sp³-hybridized carbons (Fsp3) is 0.550. The molecule has 9 heteroatoms. The molecular weight excluding hydrogens is 388 g/mol. The first-order chi connectivity index (χ1) is 13.7. The van der Waals surface area contributed by atoms with Crippen molar-refractivity contribution in [3.63, 3.8) is 0 Å². The zero-order chi connectivity index (χ0) is 21.2. The second-order valence-corrected chi connectivity index (χ2v) is 9.94. The third-order valence-electron chi connectivity index (χ3n) is 5.00. The molecule has 0 radical (unpaired) electrons. The summed E-state index contributed by atoms with van der Waals surface area (Å²) in [6, 6.07) is 7.14. The van der Waals surface area contributed by atoms with Crippen molar-refractivity contribution >= 4 is 21.9 Å². The fourth-order valence-electron chi connectivity index (χ4n) is 3.19. The number of nitrogens with one attached hydrogen (secondary N) is 1. The third kappa shape index (κ3) is 5.02. The van der Waals surface area contributed by atoms with Gasteiger partial charge in [-0.1, -0.05) is 31.5 Å². The van der Waals surface area contributed by atoms with E-state index in [0.717, 1.165) is 11.4 Å². The Morgan fingerprint density at radius 1 is 1.07 bits per heavy atom. The minimum Gasteiger partial charge on any atom is -0.351 e. The van der Waals surface area contributed by atoms with Crippen LogP contribution in [0.2, 0.25) is 0 Å². The van der Waals surface area contributed by atoms with Gasteiger partial charge >= 0.3 is 0 Å². The molecule has 158 valence electrons. The Kier molecular flexibility index (Phi) is 6.38. The van der Waals surface area contributed by atoms with Crippen molar-refractivity contribution in [3.05, 3.63) is 35.7 Å². The summed E-state index contributed by atoms with van der Waals surface area (Å²) in [5, 5.41) is 3.38. The average molecular weight is 419 g/mol. The highest BCUT2D eigenvalue weighted by Gasteiger charge is 2.29. The lowest BCUT2D eigenvalue weighted by Crippen LogP contribution is -2.42. The zero-order valence-corrected chi connectivity index (χ0v) is 18.6. The van der Waals surface area contributed by atoms with Crippen LogP contribution in [0, 0.1) is 6.92 Å². The molecule has 1 aliphatic rings. The van der Waals surface area contributed by atoms with E-state index >= 15 is 0 Å². The SMILES string of the molecule is Cc1ccc(S(=O)(=O)N2CCC(Nc3nc(C(C)C)nc(N(C)C)n3)CC2)cc1. The first-order valence-corrected chi connectivity index (χ1v) is 11.4. The number of benzene rings is 1. The second-order valence-electron chi connectivity index (χ2n) is 8.00. The second kappa shape index (κ2) is 8.62. The molecule has 1 aromatic carbocycles. The first kappa shape index (κ1) is 21.4. The van der Waals surface area contributed by atoms with E-state index in [2.05, 4.69) is 20.3 Å². The lowest BCUT2D eigenvalue weighted by Gasteiger charge is -2.31. The van der Waals surface area contributed by atoms with Crippen molar-refractivity contribution in [2.75, 3.05) is 37.4 Å². The number of nitrogens with zero attached hydrogens (tertiary/aromatic N) is 5. The lowest BCUT2D eigenvalue weighted by molar-refractivity contribution is 0.329. The Morgan fingerprint density at radius 2 is 1.69 bits per heavy atom. The van der Waals surface area contributed by atoms with Crippen molar-refractivity contribution in [1.29, 1.82) is 0 Å². The number of hydrogen-bond donors (Lipinski definition) is 1. The van der Waals surface area contributed by atoms with Gasteiger partial charge in [0.25, 0.3) is 0 Å². The van der Waals surface area contributed by atoms with Gasteiger partial charge in [0.15, 0.2) is 0 Å². The Bertz CT molecular complexity index is 910. The van der Waals surface area contributed by atoms with Gasteiger partial charge in [0.2, 0.25) is 21.9 Å². The molecule has 0 spiro atoms. The van der Waals surface area contributed by atoms with Crippen LogP contribution in [0.5, 0.6) is 0 Å². The van der Waals surface area contributed by atoms with E-state index in [4.69, 9.17) is 0 Å². The molecule has 1 saturated heterocycles. The highest BCUT2D eigenvalue weighted by Crippen LogP contribution is 2.23. The van der Waals surface area contributed by atoms with Crippen molar-refractivity contribution in [2.45, 2.75) is 50.5 Å². The number of sulfonamides is 1. The van der Waals surface area contributed by atoms with Crippen LogP contribution < -0.4 is 10.2 Å². The van der Waals surface area contributed by atoms with Crippen LogP contribution in [0.3, 0.4) is 0 Å². The molecule has 0 unspecified atom stereocenters. The maximum atomic E-state index is 12.9. The predicted molar refractivity (Wildman–Crippen MR) is 115 cm³/mol. The molecule has 1 fully saturated rings. The normalized spacial score (nSPS) is 16.2. The summed E-state index contributed by atoms with van der Waals surface area (Å²) in [4.78, 5) is 15.7. The molecule has 0 aliphatic carbocycles. The van der Waals surface area contributed by atoms with Gasteiger partial charge in [-0.2, -0.15) is 19.3 Å². The molecule has 1 N–H and O–H groups in total. The van der Waals surface area contributed by atoms with E-state index in [1.54, 1.807) is 16.4 Å². The number of piperidine rings is 1. The third-order valence-corrected chi connectivity index (χ3v) is 6.92. The summed E-state index contributed by atoms with van der Waals surface area (Å²) in [6.45, 7) is 6.98. The summed E-state index contributed by atoms with van der Waals surface area (Å²) in [6.07, 6.45) is 1.40. The van der Waals surface area contributed by atoms with E-state index in [-0.39, 0.29) is 12.0 Å². The molecule has 0 saturated carbocycles. The number of rotatable bonds is 6. The maximum Gasteiger partial charge on any atom is 0.243 e. The van der Waals surface area contributed by atoms with Gasteiger partial charge < -0.3 is 10.2 Å². The van der Waals surface area contributed by atoms with E-state index in [9.17, 15) is 8.42 Å². The summed E-state index contributed by atoms with van der Waals surface area (Å²) in [5.41, 5.74) is 1.04. The van der Waals surface area contributed by atoms with Crippen LogP contribution in [0.25, 0.3) is 0 Å². The molecule has 3 rings (SSSR count). The smallest absolute Gasteiger partial charge is 0.243 e. The molecule has 1 aromatic heterocycles. The largest absolute Gasteiger partial charge is 0.351 e. The standard InChI is InChI=1S/C20H30N6O2S/c1-14(2)18-22-19(24-20(23-18)25(4)5)21-16-10-12-26(13-11-16)29(27,28)17-8-6-15(3)7-9-17/h6-9,14,16H,10-13H2,1-5H3,(H,21,22,23,24). The average Bonchev–Trinajstić information content (AvgIpc) is 2.68. The van der Waals surface area contributed by atoms with Crippen molar-refractivity contribution in [3.8, 4) is 0 Å². The maximum absolute atomic E-state index is 12.9. The number of aryl methyl sites for hydroxylation is 1. The Labute approximate surface area is 173 Å². The molecule has 29 heavy (non-hydrogen) atoms. The van der Waals surface area contributed by atoms with Crippen LogP contribution in [0.15, 0.2) is 29.2 Å². The Balaban J connectivity index is 1.68. The molecule has 2 aromatic rings. The zero-order valence-electron chi connectivity index (χ0n) is 17.8. The molecule has 1 aliphatic heterocycles. The lowest BCUT2D eigenvalue weighted by atomic mass is 10.1. The van der Waals surface area contributed by atoms with Gasteiger partial charge in [-0.3, -0.25) is 0 Å². The summed E-state index contributed by atoms with van der Waals surface area (Å²) in [7, 11) is 0.348. The number of anilines is 2. The highest BCUT2D eigenvalue weighted by molar-refractivity contribution is 7.89. The summed E-state index contributed by atoms with van der Waals surface area (Å²) >= 11 is 0. The number of hydrogen-bond acceptors (Lipinski definition) is 7. The van der Waals surface area contributed by atoms with Crippen LogP contribution in [0.4, 0.5) is 11.9 Å². The first-order valence-electron chi connectivity index (χ1n) is 9.93. The minimum absolute atomic E-state index is 0.122. The van der Waals surface area contributed by atoms with Crippen LogP contribution in [-0.2, 0) is 10.0 Å². The van der Waals surface area contributed by atoms with Crippen molar-refractivity contribution < 1.29 is 8.42 Å². The summed E-state index contributed by atoms with van der Waals surface area (Å²) < 4.78 is 27.3. The van der Waals surface area contributed by atoms with E-state index < -0.39 is 10.0 Å². The molecule has 0 atom stereocenters. The summed E-state index contributed by atoms with van der Waals surface area (Å²) in [5.74, 6) is 2.10. The van der Waals surface area contributed by atoms with Crippen molar-refractivity contribution in [1.82, 2.24) is 19.3 Å². The molecule has 0 amide bonds.